The standard InChI is InChI=1S/C30H45NO2/c1-3-5-6-7-8-9-10-11-15-25-33-29-21-22-30(31-26-29)28-19-17-27(18-20-28)16-13-12-14-24-32-23-4-2/h8-9,17-22,26H,3-7,10-16,23-25H2,1-2H3. The minimum absolute atomic E-state index is 0.754. The number of aromatic nitrogens is 1. The Bertz CT molecular complexity index is 737. The molecular weight excluding hydrogens is 406 g/mol. The summed E-state index contributed by atoms with van der Waals surface area (Å²) in [6.45, 7) is 6.94. The molecule has 1 aromatic heterocycles. The highest BCUT2D eigenvalue weighted by molar-refractivity contribution is 5.59. The molecule has 0 aliphatic carbocycles. The van der Waals surface area contributed by atoms with Crippen LogP contribution >= 0.6 is 0 Å². The summed E-state index contributed by atoms with van der Waals surface area (Å²) < 4.78 is 11.4. The number of benzene rings is 1. The van der Waals surface area contributed by atoms with Gasteiger partial charge in [0.2, 0.25) is 0 Å². The van der Waals surface area contributed by atoms with Crippen LogP contribution in [0.15, 0.2) is 54.7 Å². The average molecular weight is 452 g/mol. The summed E-state index contributed by atoms with van der Waals surface area (Å²) in [5, 5.41) is 0. The van der Waals surface area contributed by atoms with Gasteiger partial charge in [0.15, 0.2) is 0 Å². The number of aryl methyl sites for hydroxylation is 1. The van der Waals surface area contributed by atoms with Gasteiger partial charge in [-0.1, -0.05) is 69.5 Å². The van der Waals surface area contributed by atoms with Gasteiger partial charge in [-0.2, -0.15) is 0 Å². The Hall–Kier alpha value is -2.13. The molecule has 33 heavy (non-hydrogen) atoms. The Kier molecular flexibility index (Phi) is 15.0. The zero-order chi connectivity index (χ0) is 23.4. The molecule has 182 valence electrons. The number of rotatable bonds is 19. The quantitative estimate of drug-likeness (QED) is 0.158. The van der Waals surface area contributed by atoms with E-state index >= 15 is 0 Å². The number of pyridine rings is 1. The van der Waals surface area contributed by atoms with E-state index in [1.807, 2.05) is 12.3 Å². The van der Waals surface area contributed by atoms with Gasteiger partial charge in [0, 0.05) is 18.8 Å². The van der Waals surface area contributed by atoms with Crippen molar-refractivity contribution in [1.82, 2.24) is 4.98 Å². The monoisotopic (exact) mass is 451 g/mol. The van der Waals surface area contributed by atoms with Crippen LogP contribution in [0.3, 0.4) is 0 Å². The predicted octanol–water partition coefficient (Wildman–Crippen LogP) is 8.57. The zero-order valence-corrected chi connectivity index (χ0v) is 21.1. The van der Waals surface area contributed by atoms with Gasteiger partial charge in [0.25, 0.3) is 0 Å². The molecule has 1 aromatic carbocycles. The molecule has 0 amide bonds. The van der Waals surface area contributed by atoms with Crippen molar-refractivity contribution in [3.63, 3.8) is 0 Å². The molecular formula is C30H45NO2. The van der Waals surface area contributed by atoms with Crippen LogP contribution in [0.4, 0.5) is 0 Å². The molecule has 0 spiro atoms. The van der Waals surface area contributed by atoms with E-state index in [-0.39, 0.29) is 0 Å². The SMILES string of the molecule is CCCCCC=CCCCCOc1ccc(-c2ccc(CCCCCOCCC)cc2)nc1. The molecule has 0 fully saturated rings. The second-order valence-corrected chi connectivity index (χ2v) is 8.81. The summed E-state index contributed by atoms with van der Waals surface area (Å²) in [7, 11) is 0. The van der Waals surface area contributed by atoms with Crippen LogP contribution in [-0.2, 0) is 11.2 Å². The second-order valence-electron chi connectivity index (χ2n) is 8.81. The van der Waals surface area contributed by atoms with Crippen molar-refractivity contribution in [1.29, 1.82) is 0 Å². The predicted molar refractivity (Wildman–Crippen MR) is 141 cm³/mol. The summed E-state index contributed by atoms with van der Waals surface area (Å²) in [5.41, 5.74) is 3.54. The summed E-state index contributed by atoms with van der Waals surface area (Å²) in [4.78, 5) is 4.60. The van der Waals surface area contributed by atoms with Crippen molar-refractivity contribution in [3.05, 3.63) is 60.3 Å². The van der Waals surface area contributed by atoms with Gasteiger partial charge < -0.3 is 9.47 Å². The molecule has 0 unspecified atom stereocenters. The lowest BCUT2D eigenvalue weighted by atomic mass is 10.0. The maximum atomic E-state index is 5.87. The Morgan fingerprint density at radius 2 is 1.45 bits per heavy atom. The number of allylic oxidation sites excluding steroid dienone is 2. The van der Waals surface area contributed by atoms with Crippen LogP contribution in [0.25, 0.3) is 11.3 Å². The van der Waals surface area contributed by atoms with E-state index in [0.717, 1.165) is 68.9 Å². The van der Waals surface area contributed by atoms with Gasteiger partial charge in [-0.25, -0.2) is 0 Å². The van der Waals surface area contributed by atoms with E-state index in [4.69, 9.17) is 9.47 Å². The topological polar surface area (TPSA) is 31.4 Å². The summed E-state index contributed by atoms with van der Waals surface area (Å²) in [6.07, 6.45) is 20.9. The van der Waals surface area contributed by atoms with E-state index in [1.54, 1.807) is 0 Å². The van der Waals surface area contributed by atoms with Gasteiger partial charge >= 0.3 is 0 Å². The Morgan fingerprint density at radius 3 is 2.15 bits per heavy atom. The minimum Gasteiger partial charge on any atom is -0.492 e. The maximum Gasteiger partial charge on any atom is 0.137 e. The normalized spacial score (nSPS) is 11.3. The van der Waals surface area contributed by atoms with Crippen LogP contribution in [0.1, 0.15) is 90.0 Å². The minimum atomic E-state index is 0.754. The van der Waals surface area contributed by atoms with E-state index in [9.17, 15) is 0 Å². The van der Waals surface area contributed by atoms with Crippen molar-refractivity contribution in [2.24, 2.45) is 0 Å². The third-order valence-corrected chi connectivity index (χ3v) is 5.76. The van der Waals surface area contributed by atoms with Gasteiger partial charge in [-0.3, -0.25) is 4.98 Å². The smallest absolute Gasteiger partial charge is 0.137 e. The summed E-state index contributed by atoms with van der Waals surface area (Å²) in [6, 6.07) is 12.9. The van der Waals surface area contributed by atoms with Gasteiger partial charge in [-0.15, -0.1) is 0 Å². The molecule has 0 N–H and O–H groups in total. The molecule has 1 heterocycles. The molecule has 3 nitrogen and oxygen atoms in total. The Balaban J connectivity index is 1.61. The molecule has 0 aliphatic rings. The molecule has 2 aromatic rings. The van der Waals surface area contributed by atoms with Crippen LogP contribution in [0.2, 0.25) is 0 Å². The van der Waals surface area contributed by atoms with E-state index in [0.29, 0.717) is 0 Å². The van der Waals surface area contributed by atoms with E-state index in [1.165, 1.54) is 50.5 Å². The number of hydrogen-bond donors (Lipinski definition) is 0. The third kappa shape index (κ3) is 12.6. The largest absolute Gasteiger partial charge is 0.492 e. The van der Waals surface area contributed by atoms with Gasteiger partial charge in [-0.05, 0) is 75.5 Å². The summed E-state index contributed by atoms with van der Waals surface area (Å²) >= 11 is 0. The fourth-order valence-electron chi connectivity index (χ4n) is 3.74. The maximum absolute atomic E-state index is 5.87. The third-order valence-electron chi connectivity index (χ3n) is 5.76. The number of nitrogens with zero attached hydrogens (tertiary/aromatic N) is 1. The highest BCUT2D eigenvalue weighted by Gasteiger charge is 2.02. The lowest BCUT2D eigenvalue weighted by Crippen LogP contribution is -1.97. The molecule has 0 atom stereocenters. The summed E-state index contributed by atoms with van der Waals surface area (Å²) in [5.74, 6) is 0.855. The van der Waals surface area contributed by atoms with Crippen LogP contribution in [-0.4, -0.2) is 24.8 Å². The van der Waals surface area contributed by atoms with Crippen molar-refractivity contribution < 1.29 is 9.47 Å². The number of hydrogen-bond acceptors (Lipinski definition) is 3. The van der Waals surface area contributed by atoms with Crippen molar-refractivity contribution in [3.8, 4) is 17.0 Å². The Morgan fingerprint density at radius 1 is 0.697 bits per heavy atom. The van der Waals surface area contributed by atoms with Crippen LogP contribution in [0, 0.1) is 0 Å². The first-order valence-electron chi connectivity index (χ1n) is 13.2. The fraction of sp³-hybridized carbons (Fsp3) is 0.567. The lowest BCUT2D eigenvalue weighted by molar-refractivity contribution is 0.130. The zero-order valence-electron chi connectivity index (χ0n) is 21.1. The molecule has 2 rings (SSSR count). The first kappa shape index (κ1) is 27.1. The first-order valence-corrected chi connectivity index (χ1v) is 13.2. The van der Waals surface area contributed by atoms with Gasteiger partial charge in [0.05, 0.1) is 18.5 Å². The lowest BCUT2D eigenvalue weighted by Gasteiger charge is -2.07. The van der Waals surface area contributed by atoms with Gasteiger partial charge in [0.1, 0.15) is 5.75 Å². The Labute approximate surface area is 202 Å². The number of ether oxygens (including phenoxy) is 2. The average Bonchev–Trinajstić information content (AvgIpc) is 2.85. The fourth-order valence-corrected chi connectivity index (χ4v) is 3.74. The molecule has 0 saturated heterocycles. The molecule has 0 saturated carbocycles. The molecule has 0 radical (unpaired) electrons. The van der Waals surface area contributed by atoms with E-state index in [2.05, 4.69) is 61.3 Å². The highest BCUT2D eigenvalue weighted by atomic mass is 16.5. The molecule has 0 aliphatic heterocycles. The first-order chi connectivity index (χ1) is 16.3. The second kappa shape index (κ2) is 18.3. The molecule has 0 bridgehead atoms. The van der Waals surface area contributed by atoms with Crippen LogP contribution in [0.5, 0.6) is 5.75 Å². The van der Waals surface area contributed by atoms with Crippen molar-refractivity contribution in [2.45, 2.75) is 90.9 Å². The van der Waals surface area contributed by atoms with Crippen LogP contribution < -0.4 is 4.74 Å². The highest BCUT2D eigenvalue weighted by Crippen LogP contribution is 2.21. The van der Waals surface area contributed by atoms with Crippen molar-refractivity contribution >= 4 is 0 Å². The van der Waals surface area contributed by atoms with E-state index < -0.39 is 0 Å². The molecule has 3 heteroatoms. The van der Waals surface area contributed by atoms with Crippen molar-refractivity contribution in [2.75, 3.05) is 19.8 Å². The number of unbranched alkanes of at least 4 members (excludes halogenated alkanes) is 7.